The van der Waals surface area contributed by atoms with Crippen molar-refractivity contribution in [2.45, 2.75) is 25.8 Å². The number of fused-ring (bicyclic) bond motifs is 1. The zero-order valence-corrected chi connectivity index (χ0v) is 14.4. The molecule has 3 aromatic rings. The summed E-state index contributed by atoms with van der Waals surface area (Å²) in [7, 11) is 0. The van der Waals surface area contributed by atoms with E-state index in [-0.39, 0.29) is 6.04 Å². The fourth-order valence-corrected chi connectivity index (χ4v) is 3.69. The van der Waals surface area contributed by atoms with E-state index in [1.165, 1.54) is 0 Å². The number of benzene rings is 1. The third-order valence-electron chi connectivity index (χ3n) is 4.68. The van der Waals surface area contributed by atoms with Crippen LogP contribution in [0.5, 0.6) is 0 Å². The van der Waals surface area contributed by atoms with E-state index in [0.29, 0.717) is 17.1 Å². The van der Waals surface area contributed by atoms with Crippen molar-refractivity contribution in [1.82, 2.24) is 25.3 Å². The number of H-pyrrole nitrogens is 1. The third kappa shape index (κ3) is 2.70. The minimum absolute atomic E-state index is 0.132. The van der Waals surface area contributed by atoms with Gasteiger partial charge in [-0.1, -0.05) is 11.6 Å². The molecule has 2 aromatic heterocycles. The van der Waals surface area contributed by atoms with Crippen molar-refractivity contribution in [3.8, 4) is 11.1 Å². The number of rotatable bonds is 2. The molecule has 7 nitrogen and oxygen atoms in total. The number of primary amides is 1. The first-order valence-corrected chi connectivity index (χ1v) is 8.45. The Balaban J connectivity index is 1.82. The molecule has 0 unspecified atom stereocenters. The third-order valence-corrected chi connectivity index (χ3v) is 4.97. The van der Waals surface area contributed by atoms with E-state index in [0.717, 1.165) is 40.7 Å². The molecule has 0 saturated carbocycles. The topological polar surface area (TPSA) is 101 Å². The molecule has 0 spiro atoms. The van der Waals surface area contributed by atoms with Crippen molar-refractivity contribution >= 4 is 28.5 Å². The number of urea groups is 1. The summed E-state index contributed by atoms with van der Waals surface area (Å²) in [4.78, 5) is 13.3. The average molecular weight is 357 g/mol. The van der Waals surface area contributed by atoms with Crippen LogP contribution in [0.4, 0.5) is 4.79 Å². The zero-order valence-electron chi connectivity index (χ0n) is 13.7. The van der Waals surface area contributed by atoms with E-state index in [1.54, 1.807) is 11.1 Å². The van der Waals surface area contributed by atoms with Gasteiger partial charge in [-0.3, -0.25) is 5.10 Å². The molecule has 25 heavy (non-hydrogen) atoms. The van der Waals surface area contributed by atoms with Crippen molar-refractivity contribution in [1.29, 1.82) is 0 Å². The Bertz CT molecular complexity index is 969. The molecule has 1 aliphatic heterocycles. The van der Waals surface area contributed by atoms with Gasteiger partial charge in [0.1, 0.15) is 5.52 Å². The number of halogens is 1. The van der Waals surface area contributed by atoms with Gasteiger partial charge < -0.3 is 10.6 Å². The number of nitrogens with one attached hydrogen (secondary N) is 1. The predicted octanol–water partition coefficient (Wildman–Crippen LogP) is 3.20. The fourth-order valence-electron chi connectivity index (χ4n) is 3.43. The lowest BCUT2D eigenvalue weighted by Gasteiger charge is -2.21. The molecule has 1 saturated heterocycles. The minimum Gasteiger partial charge on any atom is -0.351 e. The van der Waals surface area contributed by atoms with Crippen LogP contribution in [-0.2, 0) is 0 Å². The molecule has 1 aliphatic rings. The summed E-state index contributed by atoms with van der Waals surface area (Å²) >= 11 is 6.40. The van der Waals surface area contributed by atoms with E-state index in [4.69, 9.17) is 17.3 Å². The lowest BCUT2D eigenvalue weighted by atomic mass is 10.0. The van der Waals surface area contributed by atoms with Crippen molar-refractivity contribution in [2.75, 3.05) is 6.54 Å². The number of aryl methyl sites for hydroxylation is 1. The molecule has 128 valence electrons. The molecule has 0 radical (unpaired) electrons. The van der Waals surface area contributed by atoms with Gasteiger partial charge in [-0.15, -0.1) is 5.10 Å². The maximum Gasteiger partial charge on any atom is 0.315 e. The smallest absolute Gasteiger partial charge is 0.315 e. The van der Waals surface area contributed by atoms with Crippen molar-refractivity contribution in [3.05, 3.63) is 40.8 Å². The van der Waals surface area contributed by atoms with Crippen LogP contribution in [0, 0.1) is 6.92 Å². The number of aromatic amines is 1. The van der Waals surface area contributed by atoms with E-state index in [9.17, 15) is 4.79 Å². The molecule has 1 aromatic carbocycles. The number of nitrogens with two attached hydrogens (primary N) is 1. The Labute approximate surface area is 149 Å². The Morgan fingerprint density at radius 3 is 2.92 bits per heavy atom. The monoisotopic (exact) mass is 356 g/mol. The van der Waals surface area contributed by atoms with Crippen LogP contribution in [-0.4, -0.2) is 37.9 Å². The van der Waals surface area contributed by atoms with E-state index < -0.39 is 6.03 Å². The molecule has 8 heteroatoms. The lowest BCUT2D eigenvalue weighted by Crippen LogP contribution is -2.35. The summed E-state index contributed by atoms with van der Waals surface area (Å²) in [6, 6.07) is 5.26. The summed E-state index contributed by atoms with van der Waals surface area (Å²) in [5.74, 6) is 0. The quantitative estimate of drug-likeness (QED) is 0.736. The zero-order chi connectivity index (χ0) is 17.6. The standard InChI is InChI=1S/C17H17ClN6O/c1-9-12(8-20-21-9)10-5-11-7-14(22-23-16(11)13(18)6-10)15-3-2-4-24(15)17(19)25/h5-8,15H,2-4H2,1H3,(H2,19,25)(H,20,21)/t15-/m0/s1. The van der Waals surface area contributed by atoms with Crippen molar-refractivity contribution < 1.29 is 4.79 Å². The summed E-state index contributed by atoms with van der Waals surface area (Å²) in [5.41, 5.74) is 9.76. The number of likely N-dealkylation sites (tertiary alicyclic amines) is 1. The SMILES string of the molecule is Cc1[nH]ncc1-c1cc(Cl)c2nnc([C@@H]3CCCN3C(N)=O)cc2c1. The molecule has 4 rings (SSSR count). The first-order valence-electron chi connectivity index (χ1n) is 8.08. The summed E-state index contributed by atoms with van der Waals surface area (Å²) in [5, 5.41) is 17.0. The number of hydrogen-bond acceptors (Lipinski definition) is 4. The number of nitrogens with zero attached hydrogens (tertiary/aromatic N) is 4. The fraction of sp³-hybridized carbons (Fsp3) is 0.294. The lowest BCUT2D eigenvalue weighted by molar-refractivity contribution is 0.201. The predicted molar refractivity (Wildman–Crippen MR) is 95.1 cm³/mol. The first kappa shape index (κ1) is 15.8. The second-order valence-electron chi connectivity index (χ2n) is 6.26. The summed E-state index contributed by atoms with van der Waals surface area (Å²) < 4.78 is 0. The molecule has 2 amide bonds. The van der Waals surface area contributed by atoms with Gasteiger partial charge in [-0.2, -0.15) is 10.2 Å². The summed E-state index contributed by atoms with van der Waals surface area (Å²) in [6.07, 6.45) is 3.51. The van der Waals surface area contributed by atoms with Crippen LogP contribution >= 0.6 is 11.6 Å². The number of carbonyl (C=O) groups is 1. The van der Waals surface area contributed by atoms with Crippen LogP contribution in [0.3, 0.4) is 0 Å². The highest BCUT2D eigenvalue weighted by Gasteiger charge is 2.30. The van der Waals surface area contributed by atoms with Gasteiger partial charge in [0.05, 0.1) is 23.0 Å². The van der Waals surface area contributed by atoms with Crippen LogP contribution in [0.1, 0.15) is 30.3 Å². The number of amides is 2. The Kier molecular flexibility index (Phi) is 3.80. The Morgan fingerprint density at radius 2 is 2.20 bits per heavy atom. The minimum atomic E-state index is -0.426. The highest BCUT2D eigenvalue weighted by Crippen LogP contribution is 2.34. The van der Waals surface area contributed by atoms with Crippen LogP contribution < -0.4 is 5.73 Å². The van der Waals surface area contributed by atoms with Gasteiger partial charge in [0, 0.05) is 23.2 Å². The molecule has 1 atom stereocenters. The Morgan fingerprint density at radius 1 is 1.36 bits per heavy atom. The second kappa shape index (κ2) is 6.00. The maximum absolute atomic E-state index is 11.6. The summed E-state index contributed by atoms with van der Waals surface area (Å²) in [6.45, 7) is 2.61. The molecule has 0 bridgehead atoms. The van der Waals surface area contributed by atoms with Crippen LogP contribution in [0.25, 0.3) is 22.0 Å². The molecular formula is C17H17ClN6O. The second-order valence-corrected chi connectivity index (χ2v) is 6.67. The van der Waals surface area contributed by atoms with Gasteiger partial charge in [-0.05, 0) is 43.5 Å². The van der Waals surface area contributed by atoms with E-state index in [2.05, 4.69) is 20.4 Å². The Hall–Kier alpha value is -2.67. The number of aromatic nitrogens is 4. The number of carbonyl (C=O) groups excluding carboxylic acids is 1. The maximum atomic E-state index is 11.6. The highest BCUT2D eigenvalue weighted by atomic mass is 35.5. The molecule has 3 N–H and O–H groups in total. The van der Waals surface area contributed by atoms with Gasteiger partial charge in [0.25, 0.3) is 0 Å². The van der Waals surface area contributed by atoms with Crippen molar-refractivity contribution in [2.24, 2.45) is 5.73 Å². The number of hydrogen-bond donors (Lipinski definition) is 2. The highest BCUT2D eigenvalue weighted by molar-refractivity contribution is 6.35. The molecule has 0 aliphatic carbocycles. The van der Waals surface area contributed by atoms with Gasteiger partial charge in [0.2, 0.25) is 0 Å². The first-order chi connectivity index (χ1) is 12.0. The van der Waals surface area contributed by atoms with Crippen LogP contribution in [0.2, 0.25) is 5.02 Å². The van der Waals surface area contributed by atoms with E-state index >= 15 is 0 Å². The van der Waals surface area contributed by atoms with Crippen molar-refractivity contribution in [3.63, 3.8) is 0 Å². The van der Waals surface area contributed by atoms with Crippen LogP contribution in [0.15, 0.2) is 24.4 Å². The molecular weight excluding hydrogens is 340 g/mol. The van der Waals surface area contributed by atoms with Gasteiger partial charge in [0.15, 0.2) is 0 Å². The average Bonchev–Trinajstić information content (AvgIpc) is 3.23. The normalized spacial score (nSPS) is 17.4. The molecule has 1 fully saturated rings. The largest absolute Gasteiger partial charge is 0.351 e. The van der Waals surface area contributed by atoms with Gasteiger partial charge in [-0.25, -0.2) is 4.79 Å². The van der Waals surface area contributed by atoms with E-state index in [1.807, 2.05) is 25.1 Å². The van der Waals surface area contributed by atoms with Gasteiger partial charge >= 0.3 is 6.03 Å². The molecule has 3 heterocycles.